The first kappa shape index (κ1) is 11.4. The Morgan fingerprint density at radius 3 is 2.80 bits per heavy atom. The van der Waals surface area contributed by atoms with Crippen LogP contribution in [0.2, 0.25) is 0 Å². The number of hydrogen-bond donors (Lipinski definition) is 3. The zero-order chi connectivity index (χ0) is 11.3. The number of nitrogens with one attached hydrogen (secondary N) is 1. The Morgan fingerprint density at radius 1 is 1.53 bits per heavy atom. The van der Waals surface area contributed by atoms with Gasteiger partial charge >= 0.3 is 0 Å². The fourth-order valence-electron chi connectivity index (χ4n) is 1.02. The Hall–Kier alpha value is -1.64. The van der Waals surface area contributed by atoms with Crippen molar-refractivity contribution in [3.63, 3.8) is 0 Å². The van der Waals surface area contributed by atoms with Gasteiger partial charge in [0.05, 0.1) is 30.0 Å². The lowest BCUT2D eigenvalue weighted by Crippen LogP contribution is -2.23. The van der Waals surface area contributed by atoms with E-state index in [-0.39, 0.29) is 24.4 Å². The smallest absolute Gasteiger partial charge is 0.147 e. The Bertz CT molecular complexity index is 376. The summed E-state index contributed by atoms with van der Waals surface area (Å²) >= 11 is 0. The number of halogens is 1. The Balaban J connectivity index is 2.67. The molecule has 0 aromatic heterocycles. The predicted octanol–water partition coefficient (Wildman–Crippen LogP) is 0.462. The SMILES string of the molecule is N#Cc1ccc(NC[C@H](O)CO)c(F)c1. The van der Waals surface area contributed by atoms with Crippen molar-refractivity contribution in [2.75, 3.05) is 18.5 Å². The van der Waals surface area contributed by atoms with Crippen molar-refractivity contribution >= 4 is 5.69 Å². The Kier molecular flexibility index (Phi) is 4.03. The number of benzene rings is 1. The second kappa shape index (κ2) is 5.29. The van der Waals surface area contributed by atoms with Gasteiger partial charge in [-0.05, 0) is 18.2 Å². The number of anilines is 1. The van der Waals surface area contributed by atoms with Crippen LogP contribution in [-0.4, -0.2) is 29.5 Å². The lowest BCUT2D eigenvalue weighted by molar-refractivity contribution is 0.105. The van der Waals surface area contributed by atoms with Gasteiger partial charge in [-0.1, -0.05) is 0 Å². The maximum atomic E-state index is 13.2. The van der Waals surface area contributed by atoms with Crippen molar-refractivity contribution in [3.8, 4) is 6.07 Å². The first-order valence-electron chi connectivity index (χ1n) is 4.40. The highest BCUT2D eigenvalue weighted by molar-refractivity contribution is 5.48. The van der Waals surface area contributed by atoms with E-state index in [1.165, 1.54) is 12.1 Å². The molecule has 0 saturated carbocycles. The summed E-state index contributed by atoms with van der Waals surface area (Å²) in [5.41, 5.74) is 0.433. The van der Waals surface area contributed by atoms with Gasteiger partial charge in [-0.3, -0.25) is 0 Å². The topological polar surface area (TPSA) is 76.3 Å². The summed E-state index contributed by atoms with van der Waals surface area (Å²) in [5.74, 6) is -0.556. The minimum Gasteiger partial charge on any atom is -0.394 e. The third-order valence-corrected chi connectivity index (χ3v) is 1.84. The molecule has 1 rings (SSSR count). The summed E-state index contributed by atoms with van der Waals surface area (Å²) in [7, 11) is 0. The zero-order valence-corrected chi connectivity index (χ0v) is 7.94. The summed E-state index contributed by atoms with van der Waals surface area (Å²) < 4.78 is 13.2. The van der Waals surface area contributed by atoms with Crippen molar-refractivity contribution in [3.05, 3.63) is 29.6 Å². The second-order valence-corrected chi connectivity index (χ2v) is 3.02. The van der Waals surface area contributed by atoms with E-state index in [9.17, 15) is 4.39 Å². The number of nitriles is 1. The lowest BCUT2D eigenvalue weighted by atomic mass is 10.2. The molecule has 0 amide bonds. The Morgan fingerprint density at radius 2 is 2.27 bits per heavy atom. The molecule has 0 radical (unpaired) electrons. The molecule has 1 aromatic rings. The maximum absolute atomic E-state index is 13.2. The molecule has 1 atom stereocenters. The van der Waals surface area contributed by atoms with E-state index in [2.05, 4.69) is 5.32 Å². The molecule has 15 heavy (non-hydrogen) atoms. The average Bonchev–Trinajstić information content (AvgIpc) is 2.26. The first-order chi connectivity index (χ1) is 7.17. The number of nitrogens with zero attached hydrogens (tertiary/aromatic N) is 1. The molecule has 0 saturated heterocycles. The van der Waals surface area contributed by atoms with E-state index in [1.54, 1.807) is 0 Å². The molecule has 0 aliphatic rings. The van der Waals surface area contributed by atoms with E-state index in [0.29, 0.717) is 0 Å². The van der Waals surface area contributed by atoms with Crippen molar-refractivity contribution in [2.24, 2.45) is 0 Å². The summed E-state index contributed by atoms with van der Waals surface area (Å²) in [5, 5.41) is 28.7. The van der Waals surface area contributed by atoms with Crippen LogP contribution in [0.3, 0.4) is 0 Å². The van der Waals surface area contributed by atoms with Crippen LogP contribution in [0.15, 0.2) is 18.2 Å². The molecule has 0 unspecified atom stereocenters. The fourth-order valence-corrected chi connectivity index (χ4v) is 1.02. The molecule has 0 aliphatic heterocycles. The zero-order valence-electron chi connectivity index (χ0n) is 7.94. The van der Waals surface area contributed by atoms with Gasteiger partial charge in [0.2, 0.25) is 0 Å². The fraction of sp³-hybridized carbons (Fsp3) is 0.300. The van der Waals surface area contributed by atoms with E-state index in [0.717, 1.165) is 6.07 Å². The molecule has 3 N–H and O–H groups in total. The number of rotatable bonds is 4. The van der Waals surface area contributed by atoms with Crippen molar-refractivity contribution in [1.82, 2.24) is 0 Å². The largest absolute Gasteiger partial charge is 0.394 e. The monoisotopic (exact) mass is 210 g/mol. The number of aliphatic hydroxyl groups is 2. The minimum atomic E-state index is -0.931. The van der Waals surface area contributed by atoms with Crippen LogP contribution in [0.5, 0.6) is 0 Å². The standard InChI is InChI=1S/C10H11FN2O2/c11-9-3-7(4-12)1-2-10(9)13-5-8(15)6-14/h1-3,8,13-15H,5-6H2/t8-/m0/s1. The van der Waals surface area contributed by atoms with Crippen LogP contribution < -0.4 is 5.32 Å². The molecule has 0 aliphatic carbocycles. The highest BCUT2D eigenvalue weighted by Gasteiger charge is 2.05. The van der Waals surface area contributed by atoms with Gasteiger partial charge in [0.15, 0.2) is 0 Å². The third kappa shape index (κ3) is 3.20. The van der Waals surface area contributed by atoms with E-state index in [4.69, 9.17) is 15.5 Å². The van der Waals surface area contributed by atoms with Crippen molar-refractivity contribution in [2.45, 2.75) is 6.10 Å². The van der Waals surface area contributed by atoms with Gasteiger partial charge in [0.1, 0.15) is 5.82 Å². The summed E-state index contributed by atoms with van der Waals surface area (Å²) in [6, 6.07) is 5.80. The second-order valence-electron chi connectivity index (χ2n) is 3.02. The number of aliphatic hydroxyl groups excluding tert-OH is 2. The molecule has 0 spiro atoms. The van der Waals surface area contributed by atoms with Gasteiger partial charge in [0, 0.05) is 6.54 Å². The minimum absolute atomic E-state index is 0.0549. The van der Waals surface area contributed by atoms with Gasteiger partial charge in [0.25, 0.3) is 0 Å². The summed E-state index contributed by atoms with van der Waals surface area (Å²) in [4.78, 5) is 0. The van der Waals surface area contributed by atoms with Gasteiger partial charge in [-0.2, -0.15) is 5.26 Å². The molecule has 0 fully saturated rings. The molecule has 0 bridgehead atoms. The molecular weight excluding hydrogens is 199 g/mol. The molecule has 4 nitrogen and oxygen atoms in total. The van der Waals surface area contributed by atoms with Gasteiger partial charge < -0.3 is 15.5 Å². The van der Waals surface area contributed by atoms with Crippen molar-refractivity contribution < 1.29 is 14.6 Å². The maximum Gasteiger partial charge on any atom is 0.147 e. The normalized spacial score (nSPS) is 11.9. The van der Waals surface area contributed by atoms with Gasteiger partial charge in [-0.25, -0.2) is 4.39 Å². The van der Waals surface area contributed by atoms with Crippen LogP contribution in [-0.2, 0) is 0 Å². The van der Waals surface area contributed by atoms with E-state index >= 15 is 0 Å². The van der Waals surface area contributed by atoms with Crippen LogP contribution in [0.25, 0.3) is 0 Å². The summed E-state index contributed by atoms with van der Waals surface area (Å²) in [6.07, 6.45) is -0.931. The quantitative estimate of drug-likeness (QED) is 0.675. The lowest BCUT2D eigenvalue weighted by Gasteiger charge is -2.10. The van der Waals surface area contributed by atoms with Gasteiger partial charge in [-0.15, -0.1) is 0 Å². The third-order valence-electron chi connectivity index (χ3n) is 1.84. The Labute approximate surface area is 86.6 Å². The molecular formula is C10H11FN2O2. The summed E-state index contributed by atoms with van der Waals surface area (Å²) in [6.45, 7) is -0.329. The van der Waals surface area contributed by atoms with E-state index < -0.39 is 11.9 Å². The molecule has 80 valence electrons. The molecule has 1 aromatic carbocycles. The molecule has 0 heterocycles. The van der Waals surface area contributed by atoms with Crippen molar-refractivity contribution in [1.29, 1.82) is 5.26 Å². The van der Waals surface area contributed by atoms with E-state index in [1.807, 2.05) is 6.07 Å². The molecule has 5 heteroatoms. The highest BCUT2D eigenvalue weighted by Crippen LogP contribution is 2.14. The van der Waals surface area contributed by atoms with Crippen LogP contribution in [0.4, 0.5) is 10.1 Å². The average molecular weight is 210 g/mol. The first-order valence-corrected chi connectivity index (χ1v) is 4.40. The van der Waals surface area contributed by atoms with Crippen LogP contribution >= 0.6 is 0 Å². The number of hydrogen-bond acceptors (Lipinski definition) is 4. The predicted molar refractivity (Wildman–Crippen MR) is 52.7 cm³/mol. The highest BCUT2D eigenvalue weighted by atomic mass is 19.1. The van der Waals surface area contributed by atoms with Crippen LogP contribution in [0.1, 0.15) is 5.56 Å². The van der Waals surface area contributed by atoms with Crippen LogP contribution in [0, 0.1) is 17.1 Å².